The zero-order valence-corrected chi connectivity index (χ0v) is 10.4. The van der Waals surface area contributed by atoms with Crippen molar-refractivity contribution in [3.63, 3.8) is 0 Å². The second kappa shape index (κ2) is 5.83. The Kier molecular flexibility index (Phi) is 5.03. The number of rotatable bonds is 5. The van der Waals surface area contributed by atoms with Gasteiger partial charge in [0.2, 0.25) is 0 Å². The second-order valence-electron chi connectivity index (χ2n) is 5.41. The number of hydrogen-bond acceptors (Lipinski definition) is 3. The lowest BCUT2D eigenvalue weighted by molar-refractivity contribution is 0.0521. The largest absolute Gasteiger partial charge is 0.390 e. The van der Waals surface area contributed by atoms with Gasteiger partial charge in [0.25, 0.3) is 0 Å². The van der Waals surface area contributed by atoms with Crippen LogP contribution >= 0.6 is 0 Å². The Hall–Kier alpha value is -0.120. The first-order valence-corrected chi connectivity index (χ1v) is 6.10. The van der Waals surface area contributed by atoms with Gasteiger partial charge in [0.05, 0.1) is 5.60 Å². The molecule has 3 heteroatoms. The maximum atomic E-state index is 9.65. The van der Waals surface area contributed by atoms with Gasteiger partial charge in [-0.15, -0.1) is 0 Å². The third-order valence-corrected chi connectivity index (χ3v) is 3.24. The fourth-order valence-electron chi connectivity index (χ4n) is 2.13. The quantitative estimate of drug-likeness (QED) is 0.719. The van der Waals surface area contributed by atoms with Crippen LogP contribution in [-0.4, -0.2) is 48.8 Å². The molecule has 1 heterocycles. The van der Waals surface area contributed by atoms with E-state index in [9.17, 15) is 5.11 Å². The monoisotopic (exact) mass is 214 g/mol. The second-order valence-corrected chi connectivity index (χ2v) is 5.41. The number of piperidine rings is 1. The SMILES string of the molecule is CNCC1CCN(CCC(C)(C)O)CC1. The van der Waals surface area contributed by atoms with E-state index in [1.54, 1.807) is 0 Å². The lowest BCUT2D eigenvalue weighted by Crippen LogP contribution is -2.39. The van der Waals surface area contributed by atoms with E-state index in [0.29, 0.717) is 0 Å². The van der Waals surface area contributed by atoms with E-state index in [1.165, 1.54) is 25.9 Å². The summed E-state index contributed by atoms with van der Waals surface area (Å²) >= 11 is 0. The topological polar surface area (TPSA) is 35.5 Å². The first-order chi connectivity index (χ1) is 7.01. The van der Waals surface area contributed by atoms with Gasteiger partial charge in [-0.05, 0) is 65.7 Å². The molecule has 2 N–H and O–H groups in total. The first-order valence-electron chi connectivity index (χ1n) is 6.10. The van der Waals surface area contributed by atoms with Crippen molar-refractivity contribution in [2.75, 3.05) is 33.2 Å². The molecular weight excluding hydrogens is 188 g/mol. The van der Waals surface area contributed by atoms with Crippen molar-refractivity contribution >= 4 is 0 Å². The van der Waals surface area contributed by atoms with E-state index < -0.39 is 5.60 Å². The van der Waals surface area contributed by atoms with E-state index in [0.717, 1.165) is 25.4 Å². The maximum Gasteiger partial charge on any atom is 0.0603 e. The van der Waals surface area contributed by atoms with Gasteiger partial charge in [0.1, 0.15) is 0 Å². The lowest BCUT2D eigenvalue weighted by Gasteiger charge is -2.33. The molecule has 0 amide bonds. The van der Waals surface area contributed by atoms with Crippen LogP contribution in [0.1, 0.15) is 33.1 Å². The molecule has 1 rings (SSSR count). The van der Waals surface area contributed by atoms with E-state index >= 15 is 0 Å². The third-order valence-electron chi connectivity index (χ3n) is 3.24. The van der Waals surface area contributed by atoms with Crippen LogP contribution in [-0.2, 0) is 0 Å². The number of hydrogen-bond donors (Lipinski definition) is 2. The Morgan fingerprint density at radius 2 is 1.93 bits per heavy atom. The van der Waals surface area contributed by atoms with E-state index in [1.807, 2.05) is 20.9 Å². The highest BCUT2D eigenvalue weighted by molar-refractivity contribution is 4.75. The van der Waals surface area contributed by atoms with Crippen molar-refractivity contribution < 1.29 is 5.11 Å². The van der Waals surface area contributed by atoms with Crippen LogP contribution in [0.15, 0.2) is 0 Å². The number of nitrogens with one attached hydrogen (secondary N) is 1. The van der Waals surface area contributed by atoms with Gasteiger partial charge < -0.3 is 15.3 Å². The molecule has 0 radical (unpaired) electrons. The van der Waals surface area contributed by atoms with E-state index in [2.05, 4.69) is 10.2 Å². The lowest BCUT2D eigenvalue weighted by atomic mass is 9.96. The molecule has 0 saturated carbocycles. The van der Waals surface area contributed by atoms with Gasteiger partial charge in [-0.25, -0.2) is 0 Å². The molecule has 1 aliphatic rings. The van der Waals surface area contributed by atoms with Crippen LogP contribution in [0, 0.1) is 5.92 Å². The van der Waals surface area contributed by atoms with Gasteiger partial charge in [0.15, 0.2) is 0 Å². The van der Waals surface area contributed by atoms with Crippen molar-refractivity contribution in [2.24, 2.45) is 5.92 Å². The van der Waals surface area contributed by atoms with Crippen molar-refractivity contribution in [1.29, 1.82) is 0 Å². The summed E-state index contributed by atoms with van der Waals surface area (Å²) in [6.07, 6.45) is 3.48. The van der Waals surface area contributed by atoms with Gasteiger partial charge in [-0.3, -0.25) is 0 Å². The summed E-state index contributed by atoms with van der Waals surface area (Å²) in [4.78, 5) is 2.48. The highest BCUT2D eigenvalue weighted by Crippen LogP contribution is 2.17. The Labute approximate surface area is 93.9 Å². The van der Waals surface area contributed by atoms with Gasteiger partial charge in [-0.1, -0.05) is 0 Å². The van der Waals surface area contributed by atoms with Gasteiger partial charge in [-0.2, -0.15) is 0 Å². The molecule has 0 unspecified atom stereocenters. The van der Waals surface area contributed by atoms with E-state index in [-0.39, 0.29) is 0 Å². The molecule has 0 aromatic rings. The van der Waals surface area contributed by atoms with Crippen LogP contribution < -0.4 is 5.32 Å². The highest BCUT2D eigenvalue weighted by Gasteiger charge is 2.20. The molecule has 0 aliphatic carbocycles. The summed E-state index contributed by atoms with van der Waals surface area (Å²) in [5.74, 6) is 0.855. The molecule has 1 fully saturated rings. The van der Waals surface area contributed by atoms with Crippen LogP contribution in [0.4, 0.5) is 0 Å². The van der Waals surface area contributed by atoms with Crippen LogP contribution in [0.5, 0.6) is 0 Å². The Morgan fingerprint density at radius 1 is 1.33 bits per heavy atom. The highest BCUT2D eigenvalue weighted by atomic mass is 16.3. The summed E-state index contributed by atoms with van der Waals surface area (Å²) < 4.78 is 0. The summed E-state index contributed by atoms with van der Waals surface area (Å²) in [6, 6.07) is 0. The molecule has 0 atom stereocenters. The summed E-state index contributed by atoms with van der Waals surface area (Å²) in [5, 5.41) is 12.9. The van der Waals surface area contributed by atoms with Crippen molar-refractivity contribution in [3.05, 3.63) is 0 Å². The van der Waals surface area contributed by atoms with Crippen molar-refractivity contribution in [3.8, 4) is 0 Å². The molecule has 3 nitrogen and oxygen atoms in total. The van der Waals surface area contributed by atoms with Gasteiger partial charge in [0, 0.05) is 6.54 Å². The molecule has 0 spiro atoms. The fourth-order valence-corrected chi connectivity index (χ4v) is 2.13. The minimum atomic E-state index is -0.512. The molecule has 0 aromatic carbocycles. The zero-order chi connectivity index (χ0) is 11.3. The molecule has 90 valence electrons. The van der Waals surface area contributed by atoms with Gasteiger partial charge >= 0.3 is 0 Å². The summed E-state index contributed by atoms with van der Waals surface area (Å²) in [5.41, 5.74) is -0.512. The maximum absolute atomic E-state index is 9.65. The minimum absolute atomic E-state index is 0.512. The van der Waals surface area contributed by atoms with Crippen LogP contribution in [0.25, 0.3) is 0 Å². The van der Waals surface area contributed by atoms with Crippen LogP contribution in [0.2, 0.25) is 0 Å². The molecular formula is C12H26N2O. The standard InChI is InChI=1S/C12H26N2O/c1-12(2,15)6-9-14-7-4-11(5-8-14)10-13-3/h11,13,15H,4-10H2,1-3H3. The van der Waals surface area contributed by atoms with E-state index in [4.69, 9.17) is 0 Å². The van der Waals surface area contributed by atoms with Crippen molar-refractivity contribution in [1.82, 2.24) is 10.2 Å². The summed E-state index contributed by atoms with van der Waals surface area (Å²) in [6.45, 7) is 8.36. The Morgan fingerprint density at radius 3 is 2.40 bits per heavy atom. The predicted octanol–water partition coefficient (Wildman–Crippen LogP) is 1.08. The molecule has 0 bridgehead atoms. The Balaban J connectivity index is 2.15. The fraction of sp³-hybridized carbons (Fsp3) is 1.00. The number of nitrogens with zero attached hydrogens (tertiary/aromatic N) is 1. The van der Waals surface area contributed by atoms with Crippen molar-refractivity contribution in [2.45, 2.75) is 38.7 Å². The summed E-state index contributed by atoms with van der Waals surface area (Å²) in [7, 11) is 2.03. The predicted molar refractivity (Wildman–Crippen MR) is 64.0 cm³/mol. The molecule has 15 heavy (non-hydrogen) atoms. The normalized spacial score (nSPS) is 20.8. The Bertz CT molecular complexity index is 169. The first kappa shape index (κ1) is 12.9. The molecule has 1 aliphatic heterocycles. The number of likely N-dealkylation sites (tertiary alicyclic amines) is 1. The smallest absolute Gasteiger partial charge is 0.0603 e. The average molecular weight is 214 g/mol. The third kappa shape index (κ3) is 5.50. The average Bonchev–Trinajstić information content (AvgIpc) is 2.16. The zero-order valence-electron chi connectivity index (χ0n) is 10.4. The number of aliphatic hydroxyl groups is 1. The molecule has 0 aromatic heterocycles. The molecule has 1 saturated heterocycles. The van der Waals surface area contributed by atoms with Crippen LogP contribution in [0.3, 0.4) is 0 Å². The minimum Gasteiger partial charge on any atom is -0.390 e.